The first-order chi connectivity index (χ1) is 9.21. The minimum Gasteiger partial charge on any atom is -0.383 e. The van der Waals surface area contributed by atoms with E-state index in [0.717, 1.165) is 25.6 Å². The fourth-order valence-corrected chi connectivity index (χ4v) is 2.56. The molecule has 0 aromatic carbocycles. The van der Waals surface area contributed by atoms with Crippen LogP contribution in [0.25, 0.3) is 0 Å². The third-order valence-electron chi connectivity index (χ3n) is 3.51. The van der Waals surface area contributed by atoms with Crippen molar-refractivity contribution in [2.45, 2.75) is 45.7 Å². The van der Waals surface area contributed by atoms with Crippen LogP contribution in [0.4, 0.5) is 0 Å². The molecule has 0 aromatic heterocycles. The molecule has 0 radical (unpaired) electrons. The lowest BCUT2D eigenvalue weighted by Crippen LogP contribution is -2.44. The second kappa shape index (κ2) is 9.15. The molecule has 1 fully saturated rings. The number of rotatable bonds is 7. The highest BCUT2D eigenvalue weighted by Crippen LogP contribution is 2.16. The molecule has 0 saturated carbocycles. The van der Waals surface area contributed by atoms with Crippen LogP contribution in [0.5, 0.6) is 0 Å². The molecule has 2 atom stereocenters. The predicted molar refractivity (Wildman–Crippen MR) is 80.7 cm³/mol. The SMILES string of the molecule is CCNC(=NCC1CCCN1CC)NC(C)COC. The lowest BCUT2D eigenvalue weighted by molar-refractivity contribution is 0.179. The summed E-state index contributed by atoms with van der Waals surface area (Å²) >= 11 is 0. The van der Waals surface area contributed by atoms with E-state index in [4.69, 9.17) is 9.73 Å². The van der Waals surface area contributed by atoms with Crippen molar-refractivity contribution in [2.24, 2.45) is 4.99 Å². The van der Waals surface area contributed by atoms with Gasteiger partial charge in [0.25, 0.3) is 0 Å². The summed E-state index contributed by atoms with van der Waals surface area (Å²) in [6.45, 7) is 11.2. The Hall–Kier alpha value is -0.810. The zero-order chi connectivity index (χ0) is 14.1. The number of likely N-dealkylation sites (tertiary alicyclic amines) is 1. The van der Waals surface area contributed by atoms with Gasteiger partial charge in [-0.05, 0) is 39.8 Å². The van der Waals surface area contributed by atoms with Gasteiger partial charge in [0.2, 0.25) is 0 Å². The van der Waals surface area contributed by atoms with Gasteiger partial charge in [-0.25, -0.2) is 0 Å². The van der Waals surface area contributed by atoms with Crippen molar-refractivity contribution < 1.29 is 4.74 Å². The molecule has 19 heavy (non-hydrogen) atoms. The third kappa shape index (κ3) is 5.78. The van der Waals surface area contributed by atoms with Crippen molar-refractivity contribution in [3.05, 3.63) is 0 Å². The molecule has 0 amide bonds. The van der Waals surface area contributed by atoms with Crippen molar-refractivity contribution in [1.82, 2.24) is 15.5 Å². The molecule has 0 spiro atoms. The minimum atomic E-state index is 0.272. The Labute approximate surface area is 117 Å². The number of nitrogens with zero attached hydrogens (tertiary/aromatic N) is 2. The van der Waals surface area contributed by atoms with Gasteiger partial charge in [0.15, 0.2) is 5.96 Å². The molecular formula is C14H30N4O. The van der Waals surface area contributed by atoms with Gasteiger partial charge in [0, 0.05) is 25.7 Å². The van der Waals surface area contributed by atoms with Crippen LogP contribution < -0.4 is 10.6 Å². The second-order valence-electron chi connectivity index (χ2n) is 5.14. The predicted octanol–water partition coefficient (Wildman–Crippen LogP) is 1.06. The Morgan fingerprint density at radius 1 is 1.47 bits per heavy atom. The molecule has 2 unspecified atom stereocenters. The standard InChI is InChI=1S/C14H30N4O/c1-5-15-14(17-12(3)11-19-4)16-10-13-8-7-9-18(13)6-2/h12-13H,5-11H2,1-4H3,(H2,15,16,17). The molecule has 0 aliphatic carbocycles. The largest absolute Gasteiger partial charge is 0.383 e. The normalized spacial score (nSPS) is 22.5. The second-order valence-corrected chi connectivity index (χ2v) is 5.14. The first-order valence-corrected chi connectivity index (χ1v) is 7.49. The average Bonchev–Trinajstić information content (AvgIpc) is 2.84. The Balaban J connectivity index is 2.47. The number of nitrogens with one attached hydrogen (secondary N) is 2. The summed E-state index contributed by atoms with van der Waals surface area (Å²) in [7, 11) is 1.72. The zero-order valence-corrected chi connectivity index (χ0v) is 12.9. The van der Waals surface area contributed by atoms with Crippen LogP contribution in [0.2, 0.25) is 0 Å². The Morgan fingerprint density at radius 2 is 2.26 bits per heavy atom. The van der Waals surface area contributed by atoms with Crippen LogP contribution in [0, 0.1) is 0 Å². The minimum absolute atomic E-state index is 0.272. The summed E-state index contributed by atoms with van der Waals surface area (Å²) in [5.41, 5.74) is 0. The molecule has 1 aliphatic heterocycles. The summed E-state index contributed by atoms with van der Waals surface area (Å²) in [5.74, 6) is 0.898. The highest BCUT2D eigenvalue weighted by Gasteiger charge is 2.22. The van der Waals surface area contributed by atoms with Gasteiger partial charge < -0.3 is 15.4 Å². The highest BCUT2D eigenvalue weighted by molar-refractivity contribution is 5.80. The molecule has 1 aliphatic rings. The molecular weight excluding hydrogens is 240 g/mol. The monoisotopic (exact) mass is 270 g/mol. The maximum absolute atomic E-state index is 5.14. The molecule has 112 valence electrons. The summed E-state index contributed by atoms with van der Waals surface area (Å²) in [6, 6.07) is 0.881. The Morgan fingerprint density at radius 3 is 2.89 bits per heavy atom. The number of guanidine groups is 1. The van der Waals surface area contributed by atoms with E-state index in [1.165, 1.54) is 19.4 Å². The quantitative estimate of drug-likeness (QED) is 0.536. The first kappa shape index (κ1) is 16.2. The van der Waals surface area contributed by atoms with E-state index in [1.54, 1.807) is 7.11 Å². The van der Waals surface area contributed by atoms with Crippen LogP contribution in [0.1, 0.15) is 33.6 Å². The topological polar surface area (TPSA) is 48.9 Å². The van der Waals surface area contributed by atoms with Gasteiger partial charge in [-0.3, -0.25) is 9.89 Å². The van der Waals surface area contributed by atoms with E-state index >= 15 is 0 Å². The van der Waals surface area contributed by atoms with E-state index in [2.05, 4.69) is 36.3 Å². The fraction of sp³-hybridized carbons (Fsp3) is 0.929. The zero-order valence-electron chi connectivity index (χ0n) is 12.9. The smallest absolute Gasteiger partial charge is 0.191 e. The Bertz CT molecular complexity index is 270. The molecule has 5 heteroatoms. The number of ether oxygens (including phenoxy) is 1. The number of likely N-dealkylation sites (N-methyl/N-ethyl adjacent to an activating group) is 1. The molecule has 2 N–H and O–H groups in total. The summed E-state index contributed by atoms with van der Waals surface area (Å²) in [6.07, 6.45) is 2.57. The third-order valence-corrected chi connectivity index (χ3v) is 3.51. The highest BCUT2D eigenvalue weighted by atomic mass is 16.5. The van der Waals surface area contributed by atoms with Crippen LogP contribution in [-0.4, -0.2) is 62.8 Å². The van der Waals surface area contributed by atoms with E-state index in [-0.39, 0.29) is 6.04 Å². The van der Waals surface area contributed by atoms with E-state index in [0.29, 0.717) is 12.6 Å². The van der Waals surface area contributed by atoms with Crippen LogP contribution in [0.3, 0.4) is 0 Å². The van der Waals surface area contributed by atoms with Crippen molar-refractivity contribution in [2.75, 3.05) is 39.9 Å². The van der Waals surface area contributed by atoms with Gasteiger partial charge in [-0.15, -0.1) is 0 Å². The lowest BCUT2D eigenvalue weighted by atomic mass is 10.2. The molecule has 1 heterocycles. The van der Waals surface area contributed by atoms with Gasteiger partial charge in [0.05, 0.1) is 13.2 Å². The first-order valence-electron chi connectivity index (χ1n) is 7.49. The van der Waals surface area contributed by atoms with Crippen molar-refractivity contribution >= 4 is 5.96 Å². The number of hydrogen-bond acceptors (Lipinski definition) is 3. The van der Waals surface area contributed by atoms with Crippen LogP contribution >= 0.6 is 0 Å². The molecule has 1 rings (SSSR count). The summed E-state index contributed by atoms with van der Waals surface area (Å²) < 4.78 is 5.14. The average molecular weight is 270 g/mol. The van der Waals surface area contributed by atoms with E-state index < -0.39 is 0 Å². The van der Waals surface area contributed by atoms with Gasteiger partial charge in [-0.1, -0.05) is 6.92 Å². The number of methoxy groups -OCH3 is 1. The maximum Gasteiger partial charge on any atom is 0.191 e. The summed E-state index contributed by atoms with van der Waals surface area (Å²) in [5, 5.41) is 6.66. The Kier molecular flexibility index (Phi) is 7.82. The van der Waals surface area contributed by atoms with Gasteiger partial charge in [-0.2, -0.15) is 0 Å². The molecule has 0 bridgehead atoms. The summed E-state index contributed by atoms with van der Waals surface area (Å²) in [4.78, 5) is 7.23. The number of hydrogen-bond donors (Lipinski definition) is 2. The van der Waals surface area contributed by atoms with Crippen molar-refractivity contribution in [3.8, 4) is 0 Å². The lowest BCUT2D eigenvalue weighted by Gasteiger charge is -2.22. The van der Waals surface area contributed by atoms with Crippen LogP contribution in [0.15, 0.2) is 4.99 Å². The maximum atomic E-state index is 5.14. The van der Waals surface area contributed by atoms with E-state index in [9.17, 15) is 0 Å². The van der Waals surface area contributed by atoms with Crippen LogP contribution in [-0.2, 0) is 4.74 Å². The fourth-order valence-electron chi connectivity index (χ4n) is 2.56. The molecule has 0 aromatic rings. The van der Waals surface area contributed by atoms with Crippen molar-refractivity contribution in [3.63, 3.8) is 0 Å². The van der Waals surface area contributed by atoms with Gasteiger partial charge in [0.1, 0.15) is 0 Å². The number of aliphatic imine (C=N–C) groups is 1. The molecule has 1 saturated heterocycles. The van der Waals surface area contributed by atoms with Gasteiger partial charge >= 0.3 is 0 Å². The molecule has 5 nitrogen and oxygen atoms in total. The van der Waals surface area contributed by atoms with E-state index in [1.807, 2.05) is 0 Å². The van der Waals surface area contributed by atoms with Crippen molar-refractivity contribution in [1.29, 1.82) is 0 Å².